The van der Waals surface area contributed by atoms with Crippen molar-refractivity contribution in [1.82, 2.24) is 9.21 Å². The third kappa shape index (κ3) is 4.38. The highest BCUT2D eigenvalue weighted by molar-refractivity contribution is 7.89. The fraction of sp³-hybridized carbons (Fsp3) is 0.350. The van der Waals surface area contributed by atoms with Crippen molar-refractivity contribution in [1.29, 1.82) is 0 Å². The number of likely N-dealkylation sites (N-methyl/N-ethyl adjacent to an activating group) is 1. The van der Waals surface area contributed by atoms with Gasteiger partial charge in [0.2, 0.25) is 10.0 Å². The Morgan fingerprint density at radius 1 is 1.06 bits per heavy atom. The highest BCUT2D eigenvalue weighted by Gasteiger charge is 2.29. The Bertz CT molecular complexity index is 1160. The number of hydrogen-bond acceptors (Lipinski definition) is 8. The Balaban J connectivity index is 1.59. The minimum atomic E-state index is -3.73. The number of sulfonamides is 1. The third-order valence-electron chi connectivity index (χ3n) is 5.29. The molecule has 0 aromatic heterocycles. The average molecular weight is 462 g/mol. The van der Waals surface area contributed by atoms with Crippen LogP contribution in [0.2, 0.25) is 0 Å². The summed E-state index contributed by atoms with van der Waals surface area (Å²) in [6, 6.07) is 8.23. The lowest BCUT2D eigenvalue weighted by Gasteiger charge is -2.31. The fourth-order valence-electron chi connectivity index (χ4n) is 3.52. The predicted octanol–water partition coefficient (Wildman–Crippen LogP) is 1.55. The van der Waals surface area contributed by atoms with Gasteiger partial charge < -0.3 is 19.7 Å². The second-order valence-electron chi connectivity index (χ2n) is 7.46. The predicted molar refractivity (Wildman–Crippen MR) is 115 cm³/mol. The third-order valence-corrected chi connectivity index (χ3v) is 7.19. The van der Waals surface area contributed by atoms with Gasteiger partial charge in [-0.15, -0.1) is 0 Å². The van der Waals surface area contributed by atoms with Gasteiger partial charge in [0.25, 0.3) is 11.6 Å². The van der Waals surface area contributed by atoms with Gasteiger partial charge in [-0.05, 0) is 25.2 Å². The summed E-state index contributed by atoms with van der Waals surface area (Å²) in [5.41, 5.74) is -0.450. The number of amides is 1. The molecule has 1 fully saturated rings. The first-order chi connectivity index (χ1) is 15.3. The summed E-state index contributed by atoms with van der Waals surface area (Å²) in [6.07, 6.45) is 0. The van der Waals surface area contributed by atoms with Gasteiger partial charge in [0.1, 0.15) is 18.8 Å². The van der Waals surface area contributed by atoms with E-state index in [1.165, 1.54) is 34.6 Å². The molecule has 1 amide bonds. The zero-order chi connectivity index (χ0) is 22.9. The van der Waals surface area contributed by atoms with Crippen molar-refractivity contribution in [2.24, 2.45) is 0 Å². The molecule has 2 aliphatic rings. The second kappa shape index (κ2) is 8.73. The summed E-state index contributed by atoms with van der Waals surface area (Å²) in [5, 5.41) is 14.0. The molecule has 2 aliphatic heterocycles. The van der Waals surface area contributed by atoms with Gasteiger partial charge in [0.05, 0.1) is 15.9 Å². The van der Waals surface area contributed by atoms with Crippen LogP contribution in [-0.2, 0) is 10.0 Å². The molecule has 2 aromatic rings. The molecule has 1 saturated heterocycles. The van der Waals surface area contributed by atoms with Gasteiger partial charge in [-0.3, -0.25) is 14.9 Å². The normalized spacial score (nSPS) is 17.0. The molecule has 32 heavy (non-hydrogen) atoms. The maximum absolute atomic E-state index is 13.0. The molecule has 4 rings (SSSR count). The second-order valence-corrected chi connectivity index (χ2v) is 9.40. The Kier molecular flexibility index (Phi) is 6.00. The molecule has 2 heterocycles. The molecule has 1 N–H and O–H groups in total. The summed E-state index contributed by atoms with van der Waals surface area (Å²) in [5.74, 6) is -0.332. The fourth-order valence-corrected chi connectivity index (χ4v) is 4.99. The van der Waals surface area contributed by atoms with Crippen LogP contribution in [-0.4, -0.2) is 74.9 Å². The topological polar surface area (TPSA) is 131 Å². The van der Waals surface area contributed by atoms with E-state index in [-0.39, 0.29) is 40.9 Å². The number of nitrogens with zero attached hydrogens (tertiary/aromatic N) is 3. The lowest BCUT2D eigenvalue weighted by Crippen LogP contribution is -2.47. The summed E-state index contributed by atoms with van der Waals surface area (Å²) >= 11 is 0. The number of carbonyl (C=O) groups is 1. The molecule has 0 unspecified atom stereocenters. The van der Waals surface area contributed by atoms with Crippen LogP contribution < -0.4 is 14.8 Å². The lowest BCUT2D eigenvalue weighted by atomic mass is 10.1. The number of benzene rings is 2. The summed E-state index contributed by atoms with van der Waals surface area (Å²) in [7, 11) is -1.80. The van der Waals surface area contributed by atoms with Crippen molar-refractivity contribution < 1.29 is 27.6 Å². The molecule has 170 valence electrons. The van der Waals surface area contributed by atoms with Crippen LogP contribution in [0, 0.1) is 10.1 Å². The average Bonchev–Trinajstić information content (AvgIpc) is 2.78. The Labute approximate surface area is 184 Å². The summed E-state index contributed by atoms with van der Waals surface area (Å²) in [4.78, 5) is 25.7. The van der Waals surface area contributed by atoms with E-state index in [1.54, 1.807) is 0 Å². The summed E-state index contributed by atoms with van der Waals surface area (Å²) in [6.45, 7) is 2.52. The number of ether oxygens (including phenoxy) is 2. The number of fused-ring (bicyclic) bond motifs is 1. The van der Waals surface area contributed by atoms with Crippen LogP contribution in [0.3, 0.4) is 0 Å². The van der Waals surface area contributed by atoms with Gasteiger partial charge in [0, 0.05) is 37.9 Å². The van der Waals surface area contributed by atoms with Crippen LogP contribution >= 0.6 is 0 Å². The van der Waals surface area contributed by atoms with E-state index in [0.29, 0.717) is 26.2 Å². The first-order valence-corrected chi connectivity index (χ1v) is 11.4. The van der Waals surface area contributed by atoms with Crippen LogP contribution in [0.25, 0.3) is 0 Å². The number of rotatable bonds is 5. The molecular weight excluding hydrogens is 440 g/mol. The molecule has 0 saturated carbocycles. The molecule has 0 radical (unpaired) electrons. The molecular formula is C20H22N4O7S. The largest absolute Gasteiger partial charge is 0.486 e. The maximum Gasteiger partial charge on any atom is 0.286 e. The van der Waals surface area contributed by atoms with Crippen molar-refractivity contribution in [3.63, 3.8) is 0 Å². The first-order valence-electron chi connectivity index (χ1n) is 9.94. The van der Waals surface area contributed by atoms with Gasteiger partial charge in [-0.2, -0.15) is 4.31 Å². The molecule has 2 aromatic carbocycles. The van der Waals surface area contributed by atoms with E-state index >= 15 is 0 Å². The van der Waals surface area contributed by atoms with E-state index in [9.17, 15) is 23.3 Å². The molecule has 0 bridgehead atoms. The zero-order valence-electron chi connectivity index (χ0n) is 17.3. The number of nitro groups is 1. The van der Waals surface area contributed by atoms with E-state index in [1.807, 2.05) is 11.9 Å². The van der Waals surface area contributed by atoms with E-state index in [4.69, 9.17) is 9.47 Å². The Morgan fingerprint density at radius 3 is 2.38 bits per heavy atom. The molecule has 0 spiro atoms. The molecule has 0 aliphatic carbocycles. The zero-order valence-corrected chi connectivity index (χ0v) is 18.1. The number of hydrogen-bond donors (Lipinski definition) is 1. The van der Waals surface area contributed by atoms with Gasteiger partial charge in [-0.25, -0.2) is 8.42 Å². The monoisotopic (exact) mass is 462 g/mol. The minimum Gasteiger partial charge on any atom is -0.486 e. The summed E-state index contributed by atoms with van der Waals surface area (Å²) < 4.78 is 38.1. The van der Waals surface area contributed by atoms with Crippen LogP contribution in [0.4, 0.5) is 11.4 Å². The van der Waals surface area contributed by atoms with Gasteiger partial charge >= 0.3 is 0 Å². The Morgan fingerprint density at radius 2 is 1.72 bits per heavy atom. The number of nitro benzene ring substituents is 1. The van der Waals surface area contributed by atoms with Crippen LogP contribution in [0.5, 0.6) is 11.5 Å². The minimum absolute atomic E-state index is 0.0385. The number of nitrogens with one attached hydrogen (secondary N) is 1. The molecule has 12 heteroatoms. The molecule has 11 nitrogen and oxygen atoms in total. The number of anilines is 1. The quantitative estimate of drug-likeness (QED) is 0.523. The molecule has 0 atom stereocenters. The smallest absolute Gasteiger partial charge is 0.286 e. The SMILES string of the molecule is CN1CCN(S(=O)(=O)c2cccc(NC(=O)c3cc4c(cc3[N+](=O)[O-])OCCO4)c2)CC1. The lowest BCUT2D eigenvalue weighted by molar-refractivity contribution is -0.385. The van der Waals surface area contributed by atoms with E-state index in [2.05, 4.69) is 5.32 Å². The van der Waals surface area contributed by atoms with Crippen molar-refractivity contribution in [2.45, 2.75) is 4.90 Å². The number of carbonyl (C=O) groups excluding carboxylic acids is 1. The highest BCUT2D eigenvalue weighted by atomic mass is 32.2. The van der Waals surface area contributed by atoms with Gasteiger partial charge in [-0.1, -0.05) is 6.07 Å². The highest BCUT2D eigenvalue weighted by Crippen LogP contribution is 2.37. The van der Waals surface area contributed by atoms with E-state index in [0.717, 1.165) is 6.07 Å². The Hall–Kier alpha value is -3.22. The number of piperazine rings is 1. The van der Waals surface area contributed by atoms with Crippen LogP contribution in [0.1, 0.15) is 10.4 Å². The van der Waals surface area contributed by atoms with Crippen molar-refractivity contribution in [3.05, 3.63) is 52.1 Å². The van der Waals surface area contributed by atoms with E-state index < -0.39 is 26.5 Å². The van der Waals surface area contributed by atoms with Gasteiger partial charge in [0.15, 0.2) is 11.5 Å². The maximum atomic E-state index is 13.0. The van der Waals surface area contributed by atoms with Crippen molar-refractivity contribution >= 4 is 27.3 Å². The van der Waals surface area contributed by atoms with Crippen molar-refractivity contribution in [2.75, 3.05) is 51.8 Å². The first kappa shape index (κ1) is 22.0. The standard InChI is InChI=1S/C20H22N4O7S/c1-22-5-7-23(8-6-22)32(28,29)15-4-2-3-14(11-15)21-20(25)16-12-18-19(31-10-9-30-18)13-17(16)24(26)27/h2-4,11-13H,5-10H2,1H3,(H,21,25). The van der Waals surface area contributed by atoms with Crippen molar-refractivity contribution in [3.8, 4) is 11.5 Å². The van der Waals surface area contributed by atoms with Crippen LogP contribution in [0.15, 0.2) is 41.3 Å².